The van der Waals surface area contributed by atoms with Crippen LogP contribution in [0.1, 0.15) is 22.5 Å². The standard InChI is InChI=1S/C20H16F4N2O/c1-14-11-17(25-26(14)13-15-5-3-2-4-6-15)12-19(21)16-7-9-18(10-8-16)27-20(22,23)24/h2-12H,13H2,1H3/b19-12-. The average molecular weight is 376 g/mol. The zero-order chi connectivity index (χ0) is 19.4. The van der Waals surface area contributed by atoms with Gasteiger partial charge in [0.2, 0.25) is 0 Å². The molecular weight excluding hydrogens is 360 g/mol. The van der Waals surface area contributed by atoms with Crippen molar-refractivity contribution in [1.82, 2.24) is 9.78 Å². The third kappa shape index (κ3) is 5.20. The number of rotatable bonds is 5. The van der Waals surface area contributed by atoms with Crippen molar-refractivity contribution >= 4 is 11.9 Å². The Morgan fingerprint density at radius 3 is 2.37 bits per heavy atom. The van der Waals surface area contributed by atoms with Gasteiger partial charge in [0.1, 0.15) is 11.6 Å². The Bertz CT molecular complexity index is 929. The molecule has 0 atom stereocenters. The number of halogens is 4. The van der Waals surface area contributed by atoms with E-state index in [1.165, 1.54) is 18.2 Å². The van der Waals surface area contributed by atoms with E-state index in [-0.39, 0.29) is 5.56 Å². The molecule has 0 spiro atoms. The number of aryl methyl sites for hydroxylation is 1. The van der Waals surface area contributed by atoms with E-state index in [1.807, 2.05) is 37.3 Å². The molecule has 0 saturated heterocycles. The van der Waals surface area contributed by atoms with Crippen molar-refractivity contribution in [1.29, 1.82) is 0 Å². The van der Waals surface area contributed by atoms with E-state index in [1.54, 1.807) is 10.7 Å². The summed E-state index contributed by atoms with van der Waals surface area (Å²) in [4.78, 5) is 0. The Morgan fingerprint density at radius 2 is 1.74 bits per heavy atom. The molecule has 0 N–H and O–H groups in total. The molecule has 0 unspecified atom stereocenters. The fourth-order valence-electron chi connectivity index (χ4n) is 2.55. The zero-order valence-electron chi connectivity index (χ0n) is 14.4. The summed E-state index contributed by atoms with van der Waals surface area (Å²) >= 11 is 0. The van der Waals surface area contributed by atoms with E-state index >= 15 is 0 Å². The summed E-state index contributed by atoms with van der Waals surface area (Å²) in [5.41, 5.74) is 2.50. The molecule has 0 fully saturated rings. The first-order chi connectivity index (χ1) is 12.8. The van der Waals surface area contributed by atoms with Gasteiger partial charge in [0, 0.05) is 17.3 Å². The first-order valence-corrected chi connectivity index (χ1v) is 8.12. The van der Waals surface area contributed by atoms with Gasteiger partial charge in [-0.25, -0.2) is 4.39 Å². The van der Waals surface area contributed by atoms with Gasteiger partial charge < -0.3 is 4.74 Å². The van der Waals surface area contributed by atoms with Gasteiger partial charge in [0.15, 0.2) is 0 Å². The van der Waals surface area contributed by atoms with E-state index in [0.717, 1.165) is 23.4 Å². The number of alkyl halides is 3. The summed E-state index contributed by atoms with van der Waals surface area (Å²) in [7, 11) is 0. The van der Waals surface area contributed by atoms with Crippen LogP contribution in [0.3, 0.4) is 0 Å². The van der Waals surface area contributed by atoms with E-state index in [2.05, 4.69) is 9.84 Å². The molecule has 1 heterocycles. The SMILES string of the molecule is Cc1cc(/C=C(\F)c2ccc(OC(F)(F)F)cc2)nn1Cc1ccccc1. The van der Waals surface area contributed by atoms with Gasteiger partial charge in [-0.05, 0) is 42.8 Å². The van der Waals surface area contributed by atoms with Crippen molar-refractivity contribution in [2.24, 2.45) is 0 Å². The van der Waals surface area contributed by atoms with Crippen LogP contribution in [0.4, 0.5) is 17.6 Å². The molecule has 0 aliphatic rings. The van der Waals surface area contributed by atoms with E-state index in [0.29, 0.717) is 12.2 Å². The van der Waals surface area contributed by atoms with Crippen LogP contribution in [0.15, 0.2) is 60.7 Å². The molecule has 7 heteroatoms. The minimum absolute atomic E-state index is 0.139. The lowest BCUT2D eigenvalue weighted by Crippen LogP contribution is -2.16. The Labute approximate surface area is 153 Å². The maximum atomic E-state index is 14.4. The fourth-order valence-corrected chi connectivity index (χ4v) is 2.55. The summed E-state index contributed by atoms with van der Waals surface area (Å²) in [5.74, 6) is -1.00. The Morgan fingerprint density at radius 1 is 1.07 bits per heavy atom. The predicted molar refractivity (Wildman–Crippen MR) is 94.6 cm³/mol. The minimum atomic E-state index is -4.78. The Hall–Kier alpha value is -3.09. The highest BCUT2D eigenvalue weighted by Gasteiger charge is 2.30. The Kier molecular flexibility index (Phi) is 5.30. The second-order valence-electron chi connectivity index (χ2n) is 5.92. The molecule has 0 radical (unpaired) electrons. The topological polar surface area (TPSA) is 27.1 Å². The van der Waals surface area contributed by atoms with Crippen molar-refractivity contribution in [3.05, 3.63) is 83.2 Å². The van der Waals surface area contributed by atoms with Gasteiger partial charge in [-0.3, -0.25) is 4.68 Å². The third-order valence-electron chi connectivity index (χ3n) is 3.81. The van der Waals surface area contributed by atoms with E-state index in [9.17, 15) is 17.6 Å². The lowest BCUT2D eigenvalue weighted by atomic mass is 10.1. The lowest BCUT2D eigenvalue weighted by molar-refractivity contribution is -0.274. The van der Waals surface area contributed by atoms with Gasteiger partial charge in [-0.15, -0.1) is 13.2 Å². The second-order valence-corrected chi connectivity index (χ2v) is 5.92. The highest BCUT2D eigenvalue weighted by Crippen LogP contribution is 2.26. The van der Waals surface area contributed by atoms with Gasteiger partial charge in [-0.2, -0.15) is 5.10 Å². The van der Waals surface area contributed by atoms with Crippen LogP contribution in [0.2, 0.25) is 0 Å². The van der Waals surface area contributed by atoms with Gasteiger partial charge in [-0.1, -0.05) is 30.3 Å². The zero-order valence-corrected chi connectivity index (χ0v) is 14.4. The highest BCUT2D eigenvalue weighted by molar-refractivity contribution is 5.75. The van der Waals surface area contributed by atoms with Crippen molar-refractivity contribution in [2.75, 3.05) is 0 Å². The lowest BCUT2D eigenvalue weighted by Gasteiger charge is -2.08. The van der Waals surface area contributed by atoms with Crippen LogP contribution in [-0.2, 0) is 6.54 Å². The van der Waals surface area contributed by atoms with Crippen LogP contribution in [-0.4, -0.2) is 16.1 Å². The summed E-state index contributed by atoms with van der Waals surface area (Å²) < 4.78 is 56.4. The van der Waals surface area contributed by atoms with Crippen molar-refractivity contribution < 1.29 is 22.3 Å². The largest absolute Gasteiger partial charge is 0.573 e. The molecule has 0 aliphatic heterocycles. The quantitative estimate of drug-likeness (QED) is 0.542. The maximum absolute atomic E-state index is 14.4. The van der Waals surface area contributed by atoms with Gasteiger partial charge in [0.05, 0.1) is 12.2 Å². The molecule has 3 nitrogen and oxygen atoms in total. The smallest absolute Gasteiger partial charge is 0.406 e. The Balaban J connectivity index is 1.75. The number of benzene rings is 2. The monoisotopic (exact) mass is 376 g/mol. The van der Waals surface area contributed by atoms with Crippen molar-refractivity contribution in [2.45, 2.75) is 19.8 Å². The molecule has 0 amide bonds. The van der Waals surface area contributed by atoms with Crippen LogP contribution < -0.4 is 4.74 Å². The number of hydrogen-bond donors (Lipinski definition) is 0. The fraction of sp³-hybridized carbons (Fsp3) is 0.150. The summed E-state index contributed by atoms with van der Waals surface area (Å²) in [5, 5.41) is 4.36. The molecule has 0 aliphatic carbocycles. The van der Waals surface area contributed by atoms with Crippen LogP contribution in [0, 0.1) is 6.92 Å². The number of aromatic nitrogens is 2. The number of nitrogens with zero attached hydrogens (tertiary/aromatic N) is 2. The highest BCUT2D eigenvalue weighted by atomic mass is 19.4. The van der Waals surface area contributed by atoms with Gasteiger partial charge >= 0.3 is 6.36 Å². The predicted octanol–water partition coefficient (Wildman–Crippen LogP) is 5.61. The number of hydrogen-bond acceptors (Lipinski definition) is 2. The van der Waals surface area contributed by atoms with Crippen LogP contribution in [0.25, 0.3) is 11.9 Å². The first-order valence-electron chi connectivity index (χ1n) is 8.12. The molecular formula is C20H16F4N2O. The van der Waals surface area contributed by atoms with E-state index < -0.39 is 17.9 Å². The van der Waals surface area contributed by atoms with Crippen molar-refractivity contribution in [3.63, 3.8) is 0 Å². The summed E-state index contributed by atoms with van der Waals surface area (Å²) in [6.45, 7) is 2.43. The molecule has 27 heavy (non-hydrogen) atoms. The minimum Gasteiger partial charge on any atom is -0.406 e. The first kappa shape index (κ1) is 18.7. The maximum Gasteiger partial charge on any atom is 0.573 e. The van der Waals surface area contributed by atoms with Crippen LogP contribution >= 0.6 is 0 Å². The third-order valence-corrected chi connectivity index (χ3v) is 3.81. The molecule has 0 bridgehead atoms. The molecule has 3 aromatic rings. The summed E-state index contributed by atoms with van der Waals surface area (Å²) in [6.07, 6.45) is -3.53. The molecule has 140 valence electrons. The average Bonchev–Trinajstić information content (AvgIpc) is 2.94. The number of ether oxygens (including phenoxy) is 1. The molecule has 3 rings (SSSR count). The van der Waals surface area contributed by atoms with Gasteiger partial charge in [0.25, 0.3) is 0 Å². The summed E-state index contributed by atoms with van der Waals surface area (Å²) in [6, 6.07) is 16.1. The molecule has 2 aromatic carbocycles. The normalized spacial score (nSPS) is 12.3. The molecule has 0 saturated carbocycles. The second kappa shape index (κ2) is 7.65. The van der Waals surface area contributed by atoms with Crippen LogP contribution in [0.5, 0.6) is 5.75 Å². The van der Waals surface area contributed by atoms with Crippen molar-refractivity contribution in [3.8, 4) is 5.75 Å². The molecule has 1 aromatic heterocycles. The van der Waals surface area contributed by atoms with E-state index in [4.69, 9.17) is 0 Å².